The van der Waals surface area contributed by atoms with E-state index >= 15 is 0 Å². The molecule has 158 valence electrons. The van der Waals surface area contributed by atoms with Crippen LogP contribution in [0.15, 0.2) is 71.6 Å². The van der Waals surface area contributed by atoms with E-state index in [4.69, 9.17) is 0 Å². The summed E-state index contributed by atoms with van der Waals surface area (Å²) in [6, 6.07) is 20.3. The van der Waals surface area contributed by atoms with Crippen LogP contribution in [0.1, 0.15) is 18.4 Å². The fraction of sp³-hybridized carbons (Fsp3) is 0.333. The van der Waals surface area contributed by atoms with Crippen LogP contribution in [0, 0.1) is 6.92 Å². The van der Waals surface area contributed by atoms with Crippen LogP contribution >= 0.6 is 0 Å². The third-order valence-corrected chi connectivity index (χ3v) is 7.46. The first-order valence-electron chi connectivity index (χ1n) is 10.4. The molecule has 3 aromatic rings. The highest BCUT2D eigenvalue weighted by molar-refractivity contribution is 7.92. The molecule has 1 fully saturated rings. The van der Waals surface area contributed by atoms with Gasteiger partial charge in [0.1, 0.15) is 0 Å². The summed E-state index contributed by atoms with van der Waals surface area (Å²) in [5.41, 5.74) is 1.62. The summed E-state index contributed by atoms with van der Waals surface area (Å²) < 4.78 is 28.6. The van der Waals surface area contributed by atoms with Gasteiger partial charge in [-0.15, -0.1) is 0 Å². The Morgan fingerprint density at radius 1 is 0.967 bits per heavy atom. The second-order valence-electron chi connectivity index (χ2n) is 8.04. The predicted molar refractivity (Wildman–Crippen MR) is 121 cm³/mol. The normalized spacial score (nSPS) is 16.1. The zero-order valence-electron chi connectivity index (χ0n) is 17.2. The number of likely N-dealkylation sites (tertiary alicyclic amines) is 1. The highest BCUT2D eigenvalue weighted by Crippen LogP contribution is 2.27. The molecule has 6 heteroatoms. The average molecular weight is 425 g/mol. The van der Waals surface area contributed by atoms with Crippen LogP contribution in [0.2, 0.25) is 0 Å². The Balaban J connectivity index is 1.68. The Hall–Kier alpha value is -2.41. The number of aliphatic hydroxyl groups excluding tert-OH is 1. The van der Waals surface area contributed by atoms with Crippen molar-refractivity contribution in [1.82, 2.24) is 4.90 Å². The van der Waals surface area contributed by atoms with Crippen LogP contribution in [0.25, 0.3) is 10.8 Å². The van der Waals surface area contributed by atoms with Gasteiger partial charge >= 0.3 is 0 Å². The number of hydrogen-bond donors (Lipinski definition) is 1. The fourth-order valence-corrected chi connectivity index (χ4v) is 5.56. The number of aryl methyl sites for hydroxylation is 1. The molecular formula is C24H28N2O3S. The Labute approximate surface area is 178 Å². The van der Waals surface area contributed by atoms with Crippen molar-refractivity contribution in [3.8, 4) is 0 Å². The Morgan fingerprint density at radius 2 is 1.63 bits per heavy atom. The van der Waals surface area contributed by atoms with Crippen molar-refractivity contribution in [1.29, 1.82) is 0 Å². The zero-order valence-corrected chi connectivity index (χ0v) is 18.1. The minimum absolute atomic E-state index is 0.0225. The average Bonchev–Trinajstić information content (AvgIpc) is 3.25. The highest BCUT2D eigenvalue weighted by Gasteiger charge is 2.28. The summed E-state index contributed by atoms with van der Waals surface area (Å²) in [6.45, 7) is 4.39. The van der Waals surface area contributed by atoms with Gasteiger partial charge in [-0.2, -0.15) is 0 Å². The number of rotatable bonds is 7. The topological polar surface area (TPSA) is 60.9 Å². The molecule has 0 aliphatic carbocycles. The first-order valence-corrected chi connectivity index (χ1v) is 11.9. The van der Waals surface area contributed by atoms with Crippen LogP contribution < -0.4 is 4.31 Å². The van der Waals surface area contributed by atoms with E-state index in [1.807, 2.05) is 49.4 Å². The van der Waals surface area contributed by atoms with E-state index in [0.717, 1.165) is 42.3 Å². The maximum absolute atomic E-state index is 13.6. The lowest BCUT2D eigenvalue weighted by Crippen LogP contribution is -2.42. The third kappa shape index (κ3) is 4.51. The molecule has 0 aromatic heterocycles. The van der Waals surface area contributed by atoms with E-state index in [0.29, 0.717) is 12.2 Å². The molecule has 1 aliphatic heterocycles. The van der Waals surface area contributed by atoms with Crippen molar-refractivity contribution in [3.63, 3.8) is 0 Å². The van der Waals surface area contributed by atoms with Crippen molar-refractivity contribution >= 4 is 26.5 Å². The SMILES string of the molecule is Cc1ccc(N(C[C@H](O)CN2CCCC2)S(=O)(=O)c2ccc3ccccc3c2)cc1. The molecule has 30 heavy (non-hydrogen) atoms. The van der Waals surface area contributed by atoms with E-state index in [9.17, 15) is 13.5 Å². The van der Waals surface area contributed by atoms with Crippen molar-refractivity contribution in [3.05, 3.63) is 72.3 Å². The monoisotopic (exact) mass is 424 g/mol. The molecule has 3 aromatic carbocycles. The van der Waals surface area contributed by atoms with Gasteiger partial charge in [0.05, 0.1) is 23.2 Å². The number of hydrogen-bond acceptors (Lipinski definition) is 4. The van der Waals surface area contributed by atoms with Gasteiger partial charge in [-0.1, -0.05) is 48.0 Å². The van der Waals surface area contributed by atoms with E-state index in [-0.39, 0.29) is 11.4 Å². The van der Waals surface area contributed by atoms with E-state index in [1.54, 1.807) is 24.3 Å². The molecule has 1 N–H and O–H groups in total. The Kier molecular flexibility index (Phi) is 6.09. The van der Waals surface area contributed by atoms with Gasteiger partial charge in [0.2, 0.25) is 0 Å². The number of nitrogens with zero attached hydrogens (tertiary/aromatic N) is 2. The standard InChI is InChI=1S/C24H28N2O3S/c1-19-8-11-22(12-9-19)26(18-23(27)17-25-14-4-5-15-25)30(28,29)24-13-10-20-6-2-3-7-21(20)16-24/h2-3,6-13,16,23,27H,4-5,14-15,17-18H2,1H3/t23-/m1/s1. The summed E-state index contributed by atoms with van der Waals surface area (Å²) in [6.07, 6.45) is 1.49. The number of sulfonamides is 1. The van der Waals surface area contributed by atoms with E-state index in [2.05, 4.69) is 4.90 Å². The zero-order chi connectivity index (χ0) is 21.1. The number of aliphatic hydroxyl groups is 1. The van der Waals surface area contributed by atoms with Crippen molar-refractivity contribution in [2.24, 2.45) is 0 Å². The molecule has 1 atom stereocenters. The Morgan fingerprint density at radius 3 is 2.33 bits per heavy atom. The second kappa shape index (κ2) is 8.76. The molecule has 0 saturated carbocycles. The van der Waals surface area contributed by atoms with Gasteiger partial charge in [-0.05, 0) is 67.9 Å². The predicted octanol–water partition coefficient (Wildman–Crippen LogP) is 3.80. The molecule has 4 rings (SSSR count). The van der Waals surface area contributed by atoms with Gasteiger partial charge in [0.15, 0.2) is 0 Å². The fourth-order valence-electron chi connectivity index (χ4n) is 4.02. The number of fused-ring (bicyclic) bond motifs is 1. The summed E-state index contributed by atoms with van der Waals surface area (Å²) in [5.74, 6) is 0. The van der Waals surface area contributed by atoms with Gasteiger partial charge in [-0.3, -0.25) is 4.31 Å². The van der Waals surface area contributed by atoms with Crippen molar-refractivity contribution in [2.45, 2.75) is 30.8 Å². The minimum Gasteiger partial charge on any atom is -0.390 e. The van der Waals surface area contributed by atoms with Gasteiger partial charge < -0.3 is 10.0 Å². The van der Waals surface area contributed by atoms with Gasteiger partial charge in [0, 0.05) is 6.54 Å². The van der Waals surface area contributed by atoms with E-state index in [1.165, 1.54) is 4.31 Å². The first-order chi connectivity index (χ1) is 14.4. The number of β-amino-alcohol motifs (C(OH)–C–C–N with tert-alkyl or cyclic N) is 1. The van der Waals surface area contributed by atoms with Crippen LogP contribution in [0.4, 0.5) is 5.69 Å². The quantitative estimate of drug-likeness (QED) is 0.627. The second-order valence-corrected chi connectivity index (χ2v) is 9.90. The summed E-state index contributed by atoms with van der Waals surface area (Å²) in [7, 11) is -3.83. The third-order valence-electron chi connectivity index (χ3n) is 5.68. The van der Waals surface area contributed by atoms with Crippen molar-refractivity contribution < 1.29 is 13.5 Å². The van der Waals surface area contributed by atoms with Crippen LogP contribution in [-0.4, -0.2) is 50.7 Å². The molecular weight excluding hydrogens is 396 g/mol. The lowest BCUT2D eigenvalue weighted by molar-refractivity contribution is 0.132. The van der Waals surface area contributed by atoms with Crippen LogP contribution in [0.3, 0.4) is 0 Å². The van der Waals surface area contributed by atoms with Gasteiger partial charge in [0.25, 0.3) is 10.0 Å². The maximum Gasteiger partial charge on any atom is 0.264 e. The van der Waals surface area contributed by atoms with E-state index < -0.39 is 16.1 Å². The minimum atomic E-state index is -3.83. The van der Waals surface area contributed by atoms with Crippen LogP contribution in [0.5, 0.6) is 0 Å². The first kappa shape index (κ1) is 20.8. The van der Waals surface area contributed by atoms with Crippen molar-refractivity contribution in [2.75, 3.05) is 30.5 Å². The molecule has 0 amide bonds. The lowest BCUT2D eigenvalue weighted by Gasteiger charge is -2.29. The molecule has 0 bridgehead atoms. The molecule has 5 nitrogen and oxygen atoms in total. The molecule has 0 unspecified atom stereocenters. The van der Waals surface area contributed by atoms with Crippen LogP contribution in [-0.2, 0) is 10.0 Å². The molecule has 1 heterocycles. The lowest BCUT2D eigenvalue weighted by atomic mass is 10.1. The summed E-state index contributed by atoms with van der Waals surface area (Å²) >= 11 is 0. The summed E-state index contributed by atoms with van der Waals surface area (Å²) in [4.78, 5) is 2.43. The highest BCUT2D eigenvalue weighted by atomic mass is 32.2. The van der Waals surface area contributed by atoms with Gasteiger partial charge in [-0.25, -0.2) is 8.42 Å². The maximum atomic E-state index is 13.6. The number of anilines is 1. The molecule has 1 aliphatic rings. The molecule has 0 radical (unpaired) electrons. The number of benzene rings is 3. The molecule has 1 saturated heterocycles. The largest absolute Gasteiger partial charge is 0.390 e. The summed E-state index contributed by atoms with van der Waals surface area (Å²) in [5, 5.41) is 12.6. The smallest absolute Gasteiger partial charge is 0.264 e. The Bertz CT molecular complexity index is 1110. The molecule has 0 spiro atoms.